The Morgan fingerprint density at radius 1 is 0.159 bits per heavy atom. The second-order valence-electron chi connectivity index (χ2n) is 26.5. The van der Waals surface area contributed by atoms with E-state index >= 15 is 0 Å². The SMILES string of the molecule is C[Si](C)(C)[Si](C)(C)[Si](C)(C)[Si](C)(C)[Si](C)(C)[Si](C)(c1ccccc1)[Si](c1ccccc1)(c1ccccc1)[Si](c1ccccc1)(c1ccccc1)[Si](c1ccccc1)(c1ccccc1)[Si](c1ccccc1)(c1ccccc1)c1ccccc1. The molecule has 0 aromatic heterocycles. The van der Waals surface area contributed by atoms with Gasteiger partial charge in [-0.1, -0.05) is 434 Å². The molecule has 82 heavy (non-hydrogen) atoms. The molecule has 10 heteroatoms. The first kappa shape index (κ1) is 59.5. The fraction of sp³-hybridized carbons (Fsp3) is 0.167. The predicted molar refractivity (Wildman–Crippen MR) is 389 cm³/mol. The summed E-state index contributed by atoms with van der Waals surface area (Å²) in [4.78, 5) is 0. The smallest absolute Gasteiger partial charge is 0.0735 e. The maximum absolute atomic E-state index is 3.91. The molecule has 0 bridgehead atoms. The van der Waals surface area contributed by atoms with Crippen molar-refractivity contribution < 1.29 is 0 Å². The van der Waals surface area contributed by atoms with Crippen molar-refractivity contribution in [1.82, 2.24) is 0 Å². The Morgan fingerprint density at radius 3 is 0.573 bits per heavy atom. The van der Waals surface area contributed by atoms with Gasteiger partial charge in [-0.3, -0.25) is 0 Å². The standard InChI is InChI=1S/C72H86Si10/c1-73(2,3)74(4,5)75(6,7)76(8,9)77(10,11)78(12,63-43-23-13-24-44-63)80(67-51-31-17-32-52-67,68-53-33-18-34-54-68)82(71-59-39-21-40-60-71,72-61-41-22-42-62-72)81(69-55-35-19-36-56-69,70-57-37-20-38-58-70)79(64-45-25-14-26-46-64,65-47-27-15-28-48-65)66-49-29-16-30-50-66/h13-62H,1-12H3. The maximum Gasteiger partial charge on any atom is 0.147 e. The monoisotopic (exact) mass is 1230 g/mol. The molecular formula is C72H86Si10. The molecule has 0 saturated heterocycles. The van der Waals surface area contributed by atoms with Crippen LogP contribution in [0.4, 0.5) is 0 Å². The van der Waals surface area contributed by atoms with Crippen molar-refractivity contribution in [2.45, 2.75) is 78.6 Å². The van der Waals surface area contributed by atoms with Gasteiger partial charge in [0.25, 0.3) is 0 Å². The van der Waals surface area contributed by atoms with E-state index in [1.165, 1.54) is 15.6 Å². The van der Waals surface area contributed by atoms with Gasteiger partial charge in [-0.05, 0) is 0 Å². The molecule has 10 aromatic rings. The second kappa shape index (κ2) is 23.1. The summed E-state index contributed by atoms with van der Waals surface area (Å²) in [6.45, 7) is 35.4. The van der Waals surface area contributed by atoms with Crippen LogP contribution in [-0.2, 0) is 0 Å². The average Bonchev–Trinajstić information content (AvgIpc) is 0.655. The highest BCUT2D eigenvalue weighted by Gasteiger charge is 2.84. The molecule has 0 aliphatic carbocycles. The first-order valence-electron chi connectivity index (χ1n) is 29.9. The van der Waals surface area contributed by atoms with Crippen LogP contribution in [0.3, 0.4) is 0 Å². The minimum Gasteiger partial charge on any atom is -0.0735 e. The van der Waals surface area contributed by atoms with E-state index in [1.807, 2.05) is 0 Å². The lowest BCUT2D eigenvalue weighted by atomic mass is 10.3. The molecule has 0 heterocycles. The van der Waals surface area contributed by atoms with E-state index < -0.39 is 72.1 Å². The van der Waals surface area contributed by atoms with Gasteiger partial charge in [-0.2, -0.15) is 0 Å². The van der Waals surface area contributed by atoms with Gasteiger partial charge in [0.1, 0.15) is 28.9 Å². The van der Waals surface area contributed by atoms with Gasteiger partial charge >= 0.3 is 0 Å². The van der Waals surface area contributed by atoms with Gasteiger partial charge < -0.3 is 0 Å². The van der Waals surface area contributed by atoms with Gasteiger partial charge in [-0.15, -0.1) is 0 Å². The zero-order valence-electron chi connectivity index (χ0n) is 50.9. The van der Waals surface area contributed by atoms with Crippen molar-refractivity contribution in [3.63, 3.8) is 0 Å². The van der Waals surface area contributed by atoms with Crippen LogP contribution in [0.1, 0.15) is 0 Å². The molecule has 0 aliphatic heterocycles. The van der Waals surface area contributed by atoms with Crippen LogP contribution < -0.4 is 51.9 Å². The lowest BCUT2D eigenvalue weighted by molar-refractivity contribution is 1.67. The number of hydrogen-bond donors (Lipinski definition) is 0. The quantitative estimate of drug-likeness (QED) is 0.0559. The summed E-state index contributed by atoms with van der Waals surface area (Å²) in [5.74, 6) is 0. The molecule has 0 amide bonds. The fourth-order valence-electron chi connectivity index (χ4n) is 16.5. The normalized spacial score (nSPS) is 14.0. The van der Waals surface area contributed by atoms with Crippen LogP contribution >= 0.6 is 0 Å². The highest BCUT2D eigenvalue weighted by Crippen LogP contribution is 2.48. The molecule has 0 aliphatic rings. The van der Waals surface area contributed by atoms with Crippen LogP contribution in [0, 0.1) is 0 Å². The highest BCUT2D eigenvalue weighted by atomic mass is 30.1. The average molecular weight is 1230 g/mol. The number of hydrogen-bond acceptors (Lipinski definition) is 0. The summed E-state index contributed by atoms with van der Waals surface area (Å²) in [6, 6.07) is 125. The summed E-state index contributed by atoms with van der Waals surface area (Å²) >= 11 is 0. The summed E-state index contributed by atoms with van der Waals surface area (Å²) in [5, 5.41) is 15.7. The van der Waals surface area contributed by atoms with Gasteiger partial charge in [0.2, 0.25) is 0 Å². The zero-order valence-corrected chi connectivity index (χ0v) is 60.9. The van der Waals surface area contributed by atoms with Crippen molar-refractivity contribution in [3.8, 4) is 0 Å². The lowest BCUT2D eigenvalue weighted by Gasteiger charge is -2.72. The van der Waals surface area contributed by atoms with Crippen LogP contribution in [-0.4, -0.2) is 72.1 Å². The number of rotatable bonds is 19. The Bertz CT molecular complexity index is 3440. The summed E-state index contributed by atoms with van der Waals surface area (Å²) in [6.07, 6.45) is 0. The minimum atomic E-state index is -3.91. The Balaban J connectivity index is 1.69. The van der Waals surface area contributed by atoms with Crippen molar-refractivity contribution in [2.24, 2.45) is 0 Å². The van der Waals surface area contributed by atoms with Gasteiger partial charge in [0, 0.05) is 36.0 Å². The summed E-state index contributed by atoms with van der Waals surface area (Å²) in [5.41, 5.74) is 0. The third-order valence-electron chi connectivity index (χ3n) is 22.5. The van der Waals surface area contributed by atoms with E-state index in [0.717, 1.165) is 0 Å². The maximum atomic E-state index is 3.13. The minimum absolute atomic E-state index is 1.49. The molecule has 0 N–H and O–H groups in total. The van der Waals surface area contributed by atoms with Crippen LogP contribution in [0.2, 0.25) is 78.6 Å². The van der Waals surface area contributed by atoms with Crippen LogP contribution in [0.15, 0.2) is 303 Å². The van der Waals surface area contributed by atoms with Crippen LogP contribution in [0.25, 0.3) is 0 Å². The topological polar surface area (TPSA) is 0 Å². The first-order chi connectivity index (χ1) is 39.3. The molecule has 0 nitrogen and oxygen atoms in total. The van der Waals surface area contributed by atoms with E-state index in [-0.39, 0.29) is 0 Å². The molecule has 1 unspecified atom stereocenters. The van der Waals surface area contributed by atoms with Gasteiger partial charge in [0.05, 0.1) is 7.11 Å². The zero-order chi connectivity index (χ0) is 58.1. The molecular weight excluding hydrogens is 1150 g/mol. The Hall–Kier alpha value is -5.63. The lowest BCUT2D eigenvalue weighted by Crippen LogP contribution is -3.14. The highest BCUT2D eigenvalue weighted by molar-refractivity contribution is 8.15. The van der Waals surface area contributed by atoms with E-state index in [0.29, 0.717) is 0 Å². The molecule has 0 radical (unpaired) electrons. The van der Waals surface area contributed by atoms with Crippen LogP contribution in [0.5, 0.6) is 0 Å². The molecule has 414 valence electrons. The molecule has 10 rings (SSSR count). The Morgan fingerprint density at radius 2 is 0.341 bits per heavy atom. The fourth-order valence-corrected chi connectivity index (χ4v) is 323. The molecule has 0 fully saturated rings. The third-order valence-corrected chi connectivity index (χ3v) is 223. The first-order valence-corrected chi connectivity index (χ1v) is 64.9. The third kappa shape index (κ3) is 8.63. The van der Waals surface area contributed by atoms with E-state index in [2.05, 4.69) is 382 Å². The Kier molecular flexibility index (Phi) is 16.8. The van der Waals surface area contributed by atoms with E-state index in [4.69, 9.17) is 0 Å². The van der Waals surface area contributed by atoms with Crippen molar-refractivity contribution in [1.29, 1.82) is 0 Å². The molecule has 1 atom stereocenters. The van der Waals surface area contributed by atoms with Crippen molar-refractivity contribution in [3.05, 3.63) is 303 Å². The summed E-state index contributed by atoms with van der Waals surface area (Å²) in [7, 11) is -28.8. The van der Waals surface area contributed by atoms with Crippen molar-refractivity contribution >= 4 is 124 Å². The van der Waals surface area contributed by atoms with Crippen molar-refractivity contribution in [2.75, 3.05) is 0 Å². The summed E-state index contributed by atoms with van der Waals surface area (Å²) < 4.78 is 0. The number of benzene rings is 10. The largest absolute Gasteiger partial charge is 0.147 e. The Labute approximate surface area is 501 Å². The van der Waals surface area contributed by atoms with Gasteiger partial charge in [0.15, 0.2) is 0 Å². The van der Waals surface area contributed by atoms with E-state index in [1.54, 1.807) is 36.3 Å². The second-order valence-corrected chi connectivity index (χ2v) is 126. The van der Waals surface area contributed by atoms with E-state index in [9.17, 15) is 0 Å². The molecule has 0 saturated carbocycles. The predicted octanol–water partition coefficient (Wildman–Crippen LogP) is 11.8. The molecule has 10 aromatic carbocycles. The molecule has 0 spiro atoms. The van der Waals surface area contributed by atoms with Gasteiger partial charge in [-0.25, -0.2) is 0 Å².